The highest BCUT2D eigenvalue weighted by Gasteiger charge is 2.42. The van der Waals surface area contributed by atoms with Gasteiger partial charge in [-0.25, -0.2) is 18.9 Å². The van der Waals surface area contributed by atoms with Gasteiger partial charge in [-0.05, 0) is 26.0 Å². The molecule has 0 radical (unpaired) electrons. The highest BCUT2D eigenvalue weighted by Crippen LogP contribution is 2.42. The lowest BCUT2D eigenvalue weighted by atomic mass is 10.1. The molecule has 0 saturated heterocycles. The normalized spacial score (nSPS) is 16.0. The average Bonchev–Trinajstić information content (AvgIpc) is 2.91. The number of nitrogens with one attached hydrogen (secondary N) is 2. The maximum atomic E-state index is 14.8. The number of halogens is 1. The van der Waals surface area contributed by atoms with Gasteiger partial charge in [-0.15, -0.1) is 0 Å². The van der Waals surface area contributed by atoms with Gasteiger partial charge in [-0.1, -0.05) is 0 Å². The van der Waals surface area contributed by atoms with Crippen molar-refractivity contribution < 1.29 is 52.5 Å². The fourth-order valence-electron chi connectivity index (χ4n) is 3.37. The third-order valence-electron chi connectivity index (χ3n) is 5.11. The number of carbonyl (C=O) groups excluding carboxylic acids is 1. The van der Waals surface area contributed by atoms with E-state index in [9.17, 15) is 23.5 Å². The molecular formula is C23H26FN6O9P. The number of methoxy groups -OCH3 is 3. The molecule has 0 unspecified atom stereocenters. The van der Waals surface area contributed by atoms with E-state index in [-0.39, 0.29) is 57.4 Å². The van der Waals surface area contributed by atoms with E-state index < -0.39 is 43.5 Å². The van der Waals surface area contributed by atoms with Crippen molar-refractivity contribution in [2.45, 2.75) is 19.4 Å². The second-order valence-electron chi connectivity index (χ2n) is 8.31. The fourth-order valence-corrected chi connectivity index (χ4v) is 3.55. The van der Waals surface area contributed by atoms with Gasteiger partial charge in [0, 0.05) is 17.8 Å². The Hall–Kier alpha value is -4.24. The van der Waals surface area contributed by atoms with Crippen LogP contribution >= 0.6 is 7.82 Å². The van der Waals surface area contributed by atoms with E-state index in [4.69, 9.17) is 24.4 Å². The van der Waals surface area contributed by atoms with Crippen LogP contribution < -0.4 is 34.5 Å². The van der Waals surface area contributed by atoms with Crippen molar-refractivity contribution in [3.8, 4) is 23.0 Å². The molecule has 4 N–H and O–H groups in total. The van der Waals surface area contributed by atoms with Crippen LogP contribution in [0.15, 0.2) is 30.4 Å². The predicted molar refractivity (Wildman–Crippen MR) is 139 cm³/mol. The van der Waals surface area contributed by atoms with Crippen LogP contribution in [-0.2, 0) is 13.9 Å². The number of pyridine rings is 1. The molecule has 15 nitrogen and oxygen atoms in total. The zero-order valence-corrected chi connectivity index (χ0v) is 22.5. The number of phosphoric acid groups is 1. The first kappa shape index (κ1) is 23.6. The molecule has 0 spiro atoms. The van der Waals surface area contributed by atoms with E-state index in [2.05, 4.69) is 30.1 Å². The van der Waals surface area contributed by atoms with Gasteiger partial charge in [0.1, 0.15) is 12.5 Å². The molecule has 3 heterocycles. The van der Waals surface area contributed by atoms with Crippen LogP contribution in [-0.4, -0.2) is 64.3 Å². The number of rotatable bonds is 10. The lowest BCUT2D eigenvalue weighted by Crippen LogP contribution is -2.53. The monoisotopic (exact) mass is 584 g/mol. The number of phosphoric ester groups is 1. The largest absolute Gasteiger partial charge is 0.493 e. The summed E-state index contributed by atoms with van der Waals surface area (Å²) in [5.74, 6) is -3.86. The van der Waals surface area contributed by atoms with Crippen LogP contribution in [0.5, 0.6) is 23.0 Å². The van der Waals surface area contributed by atoms with Crippen molar-refractivity contribution in [2.75, 3.05) is 43.5 Å². The molecule has 1 amide bonds. The molecule has 1 aliphatic rings. The Kier molecular flexibility index (Phi) is 6.55. The van der Waals surface area contributed by atoms with Crippen LogP contribution in [0, 0.1) is 5.82 Å². The second kappa shape index (κ2) is 11.1. The first-order valence-corrected chi connectivity index (χ1v) is 12.6. The van der Waals surface area contributed by atoms with Crippen LogP contribution in [0.1, 0.15) is 19.3 Å². The maximum Gasteiger partial charge on any atom is 0.471 e. The number of nitrogens with zero attached hydrogens (tertiary/aromatic N) is 4. The van der Waals surface area contributed by atoms with Crippen molar-refractivity contribution in [3.05, 3.63) is 36.2 Å². The summed E-state index contributed by atoms with van der Waals surface area (Å²) in [6, 6.07) is 1.91. The van der Waals surface area contributed by atoms with Crippen molar-refractivity contribution in [1.29, 1.82) is 0 Å². The molecule has 3 aromatic rings. The number of hydrogen-bond donors (Lipinski definition) is 4. The molecule has 0 bridgehead atoms. The van der Waals surface area contributed by atoms with E-state index in [0.29, 0.717) is 0 Å². The summed E-state index contributed by atoms with van der Waals surface area (Å²) in [5, 5.41) is 5.20. The Labute approximate surface area is 233 Å². The molecule has 0 saturated carbocycles. The Balaban J connectivity index is 1.73. The highest BCUT2D eigenvalue weighted by atomic mass is 31.2. The number of ether oxygens (including phenoxy) is 4. The standard InChI is InChI=1S/C23H26FN6O9P/c1-23(2)21(31)30(11-38-40(32,33)34)20-14(39-23)6-7-17(28-20)27-19-13(24)10-25-22(29-19)26-12-8-15(35-3)18(37-5)16(9-12)36-4/h6-10H,11H2,1-5H3,(H2,32,33,34)(H2,25,26,27,28,29)/i8D,9D,11D2. The zero-order valence-electron chi connectivity index (χ0n) is 25.6. The van der Waals surface area contributed by atoms with Crippen molar-refractivity contribution in [3.63, 3.8) is 0 Å². The van der Waals surface area contributed by atoms with Gasteiger partial charge in [0.2, 0.25) is 11.7 Å². The average molecular weight is 584 g/mol. The topological polar surface area (TPSA) is 187 Å². The minimum absolute atomic E-state index is 0.00637. The molecule has 4 rings (SSSR count). The summed E-state index contributed by atoms with van der Waals surface area (Å²) in [5.41, 5.74) is -1.85. The zero-order chi connectivity index (χ0) is 32.8. The number of benzene rings is 1. The van der Waals surface area contributed by atoms with Gasteiger partial charge in [0.25, 0.3) is 5.91 Å². The molecule has 214 valence electrons. The first-order chi connectivity index (χ1) is 20.4. The van der Waals surface area contributed by atoms with Crippen LogP contribution in [0.4, 0.5) is 33.5 Å². The summed E-state index contributed by atoms with van der Waals surface area (Å²) in [6.45, 7) is -0.792. The Morgan fingerprint density at radius 2 is 1.82 bits per heavy atom. The number of anilines is 5. The molecule has 2 aromatic heterocycles. The number of aromatic nitrogens is 3. The minimum atomic E-state index is -5.44. The third-order valence-corrected chi connectivity index (χ3v) is 5.43. The van der Waals surface area contributed by atoms with Crippen LogP contribution in [0.2, 0.25) is 0 Å². The second-order valence-corrected chi connectivity index (χ2v) is 9.47. The van der Waals surface area contributed by atoms with Gasteiger partial charge in [-0.2, -0.15) is 4.98 Å². The lowest BCUT2D eigenvalue weighted by molar-refractivity contribution is -0.133. The summed E-state index contributed by atoms with van der Waals surface area (Å²) in [6.07, 6.45) is 0.773. The van der Waals surface area contributed by atoms with Gasteiger partial charge >= 0.3 is 7.82 Å². The summed E-state index contributed by atoms with van der Waals surface area (Å²) < 4.78 is 84.9. The SMILES string of the molecule is [2H]c1c(Nc2ncc(F)c(Nc3ccc4c(n3)N(C([2H])([2H])OP(=O)(O)O)C(=O)C(C)(C)O4)n2)c([2H])c(OC)c(OC)c1OC. The highest BCUT2D eigenvalue weighted by molar-refractivity contribution is 7.46. The van der Waals surface area contributed by atoms with Crippen molar-refractivity contribution >= 4 is 42.8 Å². The molecule has 0 atom stereocenters. The van der Waals surface area contributed by atoms with E-state index in [1.54, 1.807) is 0 Å². The van der Waals surface area contributed by atoms with Crippen LogP contribution in [0.3, 0.4) is 0 Å². The van der Waals surface area contributed by atoms with Gasteiger partial charge in [-0.3, -0.25) is 14.2 Å². The van der Waals surface area contributed by atoms with E-state index in [1.165, 1.54) is 47.3 Å². The summed E-state index contributed by atoms with van der Waals surface area (Å²) in [4.78, 5) is 43.8. The molecule has 0 fully saturated rings. The van der Waals surface area contributed by atoms with Gasteiger partial charge in [0.15, 0.2) is 40.3 Å². The molecule has 17 heteroatoms. The van der Waals surface area contributed by atoms with Gasteiger partial charge in [0.05, 0.1) is 33.0 Å². The number of amides is 1. The van der Waals surface area contributed by atoms with E-state index in [1.807, 2.05) is 0 Å². The third kappa shape index (κ3) is 6.15. The molecule has 1 aromatic carbocycles. The number of fused-ring (bicyclic) bond motifs is 1. The minimum Gasteiger partial charge on any atom is -0.493 e. The molecule has 1 aliphatic heterocycles. The smallest absolute Gasteiger partial charge is 0.471 e. The van der Waals surface area contributed by atoms with Crippen LogP contribution in [0.25, 0.3) is 0 Å². The number of hydrogen-bond acceptors (Lipinski definition) is 12. The molecule has 40 heavy (non-hydrogen) atoms. The Bertz CT molecular complexity index is 1650. The first-order valence-electron chi connectivity index (χ1n) is 13.1. The van der Waals surface area contributed by atoms with Crippen molar-refractivity contribution in [1.82, 2.24) is 15.0 Å². The predicted octanol–water partition coefficient (Wildman–Crippen LogP) is 3.09. The van der Waals surface area contributed by atoms with Crippen molar-refractivity contribution in [2.24, 2.45) is 0 Å². The quantitative estimate of drug-likeness (QED) is 0.255. The van der Waals surface area contributed by atoms with E-state index in [0.717, 1.165) is 6.20 Å². The Morgan fingerprint density at radius 3 is 2.42 bits per heavy atom. The summed E-state index contributed by atoms with van der Waals surface area (Å²) in [7, 11) is -1.56. The summed E-state index contributed by atoms with van der Waals surface area (Å²) >= 11 is 0. The molecule has 0 aliphatic carbocycles. The lowest BCUT2D eigenvalue weighted by Gasteiger charge is -2.37. The molecular weight excluding hydrogens is 554 g/mol. The van der Waals surface area contributed by atoms with Gasteiger partial charge < -0.3 is 39.4 Å². The number of carbonyl (C=O) groups is 1. The van der Waals surface area contributed by atoms with E-state index >= 15 is 0 Å². The maximum absolute atomic E-state index is 14.8. The fraction of sp³-hybridized carbons (Fsp3) is 0.304. The Morgan fingerprint density at radius 1 is 1.15 bits per heavy atom.